The highest BCUT2D eigenvalue weighted by molar-refractivity contribution is 5.61. The minimum absolute atomic E-state index is 0.108. The minimum Gasteiger partial charge on any atom is -0.304 e. The van der Waals surface area contributed by atoms with Gasteiger partial charge in [0.05, 0.1) is 17.8 Å². The molecule has 0 saturated heterocycles. The van der Waals surface area contributed by atoms with Gasteiger partial charge in [0.15, 0.2) is 0 Å². The van der Waals surface area contributed by atoms with Gasteiger partial charge in [-0.1, -0.05) is 12.1 Å². The zero-order chi connectivity index (χ0) is 18.9. The van der Waals surface area contributed by atoms with Gasteiger partial charge >= 0.3 is 6.18 Å². The highest BCUT2D eigenvalue weighted by Gasteiger charge is 2.34. The molecule has 0 atom stereocenters. The summed E-state index contributed by atoms with van der Waals surface area (Å²) in [7, 11) is 0. The third-order valence-electron chi connectivity index (χ3n) is 3.89. The average Bonchev–Trinajstić information content (AvgIpc) is 2.56. The SMILES string of the molecule is Cc1cncc(Cn2c(-c3ccc(F)c(C(F)(F)F)c3)cccc2=O)c1. The Labute approximate surface area is 146 Å². The lowest BCUT2D eigenvalue weighted by Gasteiger charge is -2.15. The summed E-state index contributed by atoms with van der Waals surface area (Å²) in [5.74, 6) is -1.35. The van der Waals surface area contributed by atoms with Crippen LogP contribution in [0.25, 0.3) is 11.3 Å². The number of pyridine rings is 2. The van der Waals surface area contributed by atoms with Crippen LogP contribution in [0, 0.1) is 12.7 Å². The third kappa shape index (κ3) is 3.66. The average molecular weight is 362 g/mol. The third-order valence-corrected chi connectivity index (χ3v) is 3.89. The monoisotopic (exact) mass is 362 g/mol. The molecule has 3 rings (SSSR count). The van der Waals surface area contributed by atoms with E-state index < -0.39 is 17.6 Å². The molecule has 3 aromatic rings. The zero-order valence-corrected chi connectivity index (χ0v) is 13.7. The summed E-state index contributed by atoms with van der Waals surface area (Å²) in [5, 5.41) is 0. The van der Waals surface area contributed by atoms with Gasteiger partial charge in [-0.2, -0.15) is 13.2 Å². The van der Waals surface area contributed by atoms with E-state index in [1.54, 1.807) is 12.4 Å². The van der Waals surface area contributed by atoms with Gasteiger partial charge in [0.1, 0.15) is 5.82 Å². The van der Waals surface area contributed by atoms with Crippen molar-refractivity contribution in [1.29, 1.82) is 0 Å². The second-order valence-corrected chi connectivity index (χ2v) is 5.90. The van der Waals surface area contributed by atoms with Gasteiger partial charge < -0.3 is 4.57 Å². The first-order valence-corrected chi connectivity index (χ1v) is 7.73. The van der Waals surface area contributed by atoms with Crippen molar-refractivity contribution in [2.75, 3.05) is 0 Å². The maximum Gasteiger partial charge on any atom is 0.419 e. The maximum absolute atomic E-state index is 13.6. The van der Waals surface area contributed by atoms with Crippen LogP contribution in [0.5, 0.6) is 0 Å². The zero-order valence-electron chi connectivity index (χ0n) is 13.7. The molecule has 0 saturated carbocycles. The van der Waals surface area contributed by atoms with Gasteiger partial charge in [0.2, 0.25) is 0 Å². The number of benzene rings is 1. The summed E-state index contributed by atoms with van der Waals surface area (Å²) in [6.07, 6.45) is -1.57. The molecule has 0 spiro atoms. The Kier molecular flexibility index (Phi) is 4.63. The molecule has 1 aromatic carbocycles. The molecule has 0 N–H and O–H groups in total. The molecule has 0 aliphatic carbocycles. The van der Waals surface area contributed by atoms with E-state index >= 15 is 0 Å². The molecule has 3 nitrogen and oxygen atoms in total. The number of nitrogens with zero attached hydrogens (tertiary/aromatic N) is 2. The molecule has 2 heterocycles. The Hall–Kier alpha value is -2.96. The van der Waals surface area contributed by atoms with Crippen molar-refractivity contribution < 1.29 is 17.6 Å². The molecule has 7 heteroatoms. The molecular formula is C19H14F4N2O. The highest BCUT2D eigenvalue weighted by atomic mass is 19.4. The van der Waals surface area contributed by atoms with E-state index in [0.717, 1.165) is 23.3 Å². The first-order valence-electron chi connectivity index (χ1n) is 7.73. The molecule has 0 aliphatic rings. The second kappa shape index (κ2) is 6.74. The summed E-state index contributed by atoms with van der Waals surface area (Å²) in [5.41, 5.74) is 0.269. The first-order chi connectivity index (χ1) is 12.3. The maximum atomic E-state index is 13.6. The molecule has 0 aliphatic heterocycles. The lowest BCUT2D eigenvalue weighted by Crippen LogP contribution is -2.21. The molecule has 0 fully saturated rings. The van der Waals surface area contributed by atoms with Crippen LogP contribution in [-0.2, 0) is 12.7 Å². The van der Waals surface area contributed by atoms with Gasteiger partial charge in [-0.3, -0.25) is 9.78 Å². The van der Waals surface area contributed by atoms with Gasteiger partial charge in [0, 0.05) is 18.5 Å². The van der Waals surface area contributed by atoms with Crippen LogP contribution in [0.2, 0.25) is 0 Å². The number of hydrogen-bond acceptors (Lipinski definition) is 2. The Morgan fingerprint density at radius 2 is 1.85 bits per heavy atom. The molecule has 0 amide bonds. The van der Waals surface area contributed by atoms with Crippen LogP contribution in [0.4, 0.5) is 17.6 Å². The van der Waals surface area contributed by atoms with Crippen molar-refractivity contribution >= 4 is 0 Å². The Bertz CT molecular complexity index is 1010. The Morgan fingerprint density at radius 3 is 2.54 bits per heavy atom. The molecule has 2 aromatic heterocycles. The van der Waals surface area contributed by atoms with Crippen molar-refractivity contribution in [3.05, 3.63) is 87.7 Å². The quantitative estimate of drug-likeness (QED) is 0.647. The van der Waals surface area contributed by atoms with E-state index in [1.807, 2.05) is 13.0 Å². The second-order valence-electron chi connectivity index (χ2n) is 5.90. The Balaban J connectivity index is 2.12. The van der Waals surface area contributed by atoms with Crippen molar-refractivity contribution in [1.82, 2.24) is 9.55 Å². The number of alkyl halides is 3. The normalized spacial score (nSPS) is 11.6. The molecule has 26 heavy (non-hydrogen) atoms. The first kappa shape index (κ1) is 17.8. The molecule has 0 bridgehead atoms. The van der Waals surface area contributed by atoms with Gasteiger partial charge in [-0.25, -0.2) is 4.39 Å². The number of hydrogen-bond donors (Lipinski definition) is 0. The topological polar surface area (TPSA) is 34.9 Å². The summed E-state index contributed by atoms with van der Waals surface area (Å²) in [4.78, 5) is 16.4. The summed E-state index contributed by atoms with van der Waals surface area (Å²) >= 11 is 0. The lowest BCUT2D eigenvalue weighted by molar-refractivity contribution is -0.139. The predicted molar refractivity (Wildman–Crippen MR) is 89.2 cm³/mol. The van der Waals surface area contributed by atoms with Gasteiger partial charge in [0.25, 0.3) is 5.56 Å². The van der Waals surface area contributed by atoms with Crippen molar-refractivity contribution in [2.45, 2.75) is 19.6 Å². The van der Waals surface area contributed by atoms with E-state index in [-0.39, 0.29) is 23.4 Å². The van der Waals surface area contributed by atoms with Crippen LogP contribution >= 0.6 is 0 Å². The summed E-state index contributed by atoms with van der Waals surface area (Å²) < 4.78 is 53.9. The Morgan fingerprint density at radius 1 is 1.08 bits per heavy atom. The number of aryl methyl sites for hydroxylation is 1. The van der Waals surface area contributed by atoms with Crippen molar-refractivity contribution in [2.24, 2.45) is 0 Å². The summed E-state index contributed by atoms with van der Waals surface area (Å²) in [6.45, 7) is 1.99. The lowest BCUT2D eigenvalue weighted by atomic mass is 10.1. The molecule has 0 radical (unpaired) electrons. The molecule has 0 unspecified atom stereocenters. The van der Waals surface area contributed by atoms with Crippen molar-refractivity contribution in [3.63, 3.8) is 0 Å². The number of halogens is 4. The minimum atomic E-state index is -4.82. The number of rotatable bonds is 3. The molecule has 134 valence electrons. The van der Waals surface area contributed by atoms with Crippen LogP contribution in [0.3, 0.4) is 0 Å². The fourth-order valence-corrected chi connectivity index (χ4v) is 2.72. The smallest absolute Gasteiger partial charge is 0.304 e. The van der Waals surface area contributed by atoms with Crippen LogP contribution in [0.15, 0.2) is 59.7 Å². The van der Waals surface area contributed by atoms with Crippen LogP contribution in [-0.4, -0.2) is 9.55 Å². The fourth-order valence-electron chi connectivity index (χ4n) is 2.72. The van der Waals surface area contributed by atoms with Crippen LogP contribution in [0.1, 0.15) is 16.7 Å². The van der Waals surface area contributed by atoms with Crippen molar-refractivity contribution in [3.8, 4) is 11.3 Å². The van der Waals surface area contributed by atoms with Gasteiger partial charge in [-0.05, 0) is 47.9 Å². The van der Waals surface area contributed by atoms with Crippen LogP contribution < -0.4 is 5.56 Å². The van der Waals surface area contributed by atoms with Gasteiger partial charge in [-0.15, -0.1) is 0 Å². The predicted octanol–water partition coefficient (Wildman–Crippen LogP) is 4.42. The summed E-state index contributed by atoms with van der Waals surface area (Å²) in [6, 6.07) is 8.84. The van der Waals surface area contributed by atoms with E-state index in [9.17, 15) is 22.4 Å². The standard InChI is InChI=1S/C19H14F4N2O/c1-12-7-13(10-24-9-12)11-25-17(3-2-4-18(25)26)14-5-6-16(20)15(8-14)19(21,22)23/h2-10H,11H2,1H3. The van der Waals surface area contributed by atoms with E-state index in [0.29, 0.717) is 0 Å². The largest absolute Gasteiger partial charge is 0.419 e. The van der Waals surface area contributed by atoms with E-state index in [4.69, 9.17) is 0 Å². The fraction of sp³-hybridized carbons (Fsp3) is 0.158. The van der Waals surface area contributed by atoms with E-state index in [2.05, 4.69) is 4.98 Å². The molecular weight excluding hydrogens is 348 g/mol. The highest BCUT2D eigenvalue weighted by Crippen LogP contribution is 2.34. The number of aromatic nitrogens is 2. The van der Waals surface area contributed by atoms with E-state index in [1.165, 1.54) is 28.8 Å².